The van der Waals surface area contributed by atoms with E-state index in [9.17, 15) is 0 Å². The minimum Gasteiger partial charge on any atom is -0.362 e. The minimum absolute atomic E-state index is 0.618. The van der Waals surface area contributed by atoms with Gasteiger partial charge in [0, 0.05) is 29.7 Å². The van der Waals surface area contributed by atoms with E-state index in [4.69, 9.17) is 12.2 Å². The zero-order chi connectivity index (χ0) is 14.7. The first-order valence-electron chi connectivity index (χ1n) is 6.97. The summed E-state index contributed by atoms with van der Waals surface area (Å²) in [7, 11) is 0. The molecule has 0 saturated carbocycles. The highest BCUT2D eigenvalue weighted by atomic mass is 32.1. The molecule has 0 aliphatic rings. The molecule has 21 heavy (non-hydrogen) atoms. The van der Waals surface area contributed by atoms with Crippen LogP contribution in [0, 0.1) is 0 Å². The average molecular weight is 296 g/mol. The lowest BCUT2D eigenvalue weighted by molar-refractivity contribution is 0.847. The van der Waals surface area contributed by atoms with Crippen LogP contribution in [0.15, 0.2) is 42.7 Å². The number of pyridine rings is 2. The first-order valence-corrected chi connectivity index (χ1v) is 7.37. The van der Waals surface area contributed by atoms with Crippen LogP contribution in [0.25, 0.3) is 21.8 Å². The molecule has 2 heterocycles. The Labute approximate surface area is 128 Å². The molecule has 0 saturated heterocycles. The number of hydrogen-bond acceptors (Lipinski definition) is 3. The first kappa shape index (κ1) is 13.7. The van der Waals surface area contributed by atoms with E-state index in [1.807, 2.05) is 30.3 Å². The molecule has 0 unspecified atom stereocenters. The van der Waals surface area contributed by atoms with Crippen molar-refractivity contribution in [2.75, 3.05) is 11.9 Å². The Morgan fingerprint density at radius 1 is 1.14 bits per heavy atom. The Balaban J connectivity index is 2.10. The van der Waals surface area contributed by atoms with Crippen molar-refractivity contribution in [2.45, 2.75) is 13.3 Å². The van der Waals surface area contributed by atoms with Gasteiger partial charge in [-0.05, 0) is 42.9 Å². The van der Waals surface area contributed by atoms with Gasteiger partial charge in [-0.15, -0.1) is 0 Å². The van der Waals surface area contributed by atoms with Crippen LogP contribution >= 0.6 is 12.2 Å². The van der Waals surface area contributed by atoms with Crippen LogP contribution in [-0.2, 0) is 0 Å². The van der Waals surface area contributed by atoms with Gasteiger partial charge in [0.05, 0.1) is 16.7 Å². The lowest BCUT2D eigenvalue weighted by Crippen LogP contribution is -2.29. The first-order chi connectivity index (χ1) is 10.3. The molecule has 0 bridgehead atoms. The van der Waals surface area contributed by atoms with Gasteiger partial charge in [0.15, 0.2) is 5.11 Å². The van der Waals surface area contributed by atoms with Gasteiger partial charge in [0.2, 0.25) is 0 Å². The Morgan fingerprint density at radius 2 is 1.90 bits per heavy atom. The molecule has 0 radical (unpaired) electrons. The Hall–Kier alpha value is -2.27. The van der Waals surface area contributed by atoms with Crippen LogP contribution in [0.2, 0.25) is 0 Å². The van der Waals surface area contributed by atoms with Crippen molar-refractivity contribution in [1.82, 2.24) is 15.3 Å². The van der Waals surface area contributed by atoms with Crippen molar-refractivity contribution in [3.8, 4) is 0 Å². The summed E-state index contributed by atoms with van der Waals surface area (Å²) in [4.78, 5) is 8.94. The van der Waals surface area contributed by atoms with Crippen molar-refractivity contribution < 1.29 is 0 Å². The third-order valence-corrected chi connectivity index (χ3v) is 3.49. The van der Waals surface area contributed by atoms with Crippen molar-refractivity contribution in [2.24, 2.45) is 0 Å². The third kappa shape index (κ3) is 2.78. The number of aromatic nitrogens is 2. The maximum Gasteiger partial charge on any atom is 0.170 e. The summed E-state index contributed by atoms with van der Waals surface area (Å²) in [5.74, 6) is 0. The molecule has 106 valence electrons. The lowest BCUT2D eigenvalue weighted by atomic mass is 10.1. The highest BCUT2D eigenvalue weighted by molar-refractivity contribution is 7.80. The summed E-state index contributed by atoms with van der Waals surface area (Å²) in [6.45, 7) is 2.96. The van der Waals surface area contributed by atoms with Gasteiger partial charge in [-0.3, -0.25) is 9.97 Å². The van der Waals surface area contributed by atoms with E-state index in [2.05, 4.69) is 27.5 Å². The van der Waals surface area contributed by atoms with Crippen LogP contribution in [0.3, 0.4) is 0 Å². The molecule has 0 amide bonds. The smallest absolute Gasteiger partial charge is 0.170 e. The van der Waals surface area contributed by atoms with Gasteiger partial charge in [-0.1, -0.05) is 13.0 Å². The van der Waals surface area contributed by atoms with Gasteiger partial charge in [-0.2, -0.15) is 0 Å². The summed E-state index contributed by atoms with van der Waals surface area (Å²) < 4.78 is 0. The monoisotopic (exact) mass is 296 g/mol. The van der Waals surface area contributed by atoms with Gasteiger partial charge < -0.3 is 10.6 Å². The molecule has 0 fully saturated rings. The molecule has 5 heteroatoms. The number of hydrogen-bond donors (Lipinski definition) is 2. The van der Waals surface area contributed by atoms with Crippen molar-refractivity contribution in [3.05, 3.63) is 42.7 Å². The summed E-state index contributed by atoms with van der Waals surface area (Å²) in [6, 6.07) is 9.97. The highest BCUT2D eigenvalue weighted by Gasteiger charge is 2.09. The number of anilines is 1. The number of thiocarbonyl (C=S) groups is 1. The van der Waals surface area contributed by atoms with E-state index in [0.29, 0.717) is 5.11 Å². The summed E-state index contributed by atoms with van der Waals surface area (Å²) in [6.07, 6.45) is 4.61. The van der Waals surface area contributed by atoms with Crippen LogP contribution in [0.4, 0.5) is 5.69 Å². The largest absolute Gasteiger partial charge is 0.362 e. The van der Waals surface area contributed by atoms with Gasteiger partial charge in [0.25, 0.3) is 0 Å². The fraction of sp³-hybridized carbons (Fsp3) is 0.188. The van der Waals surface area contributed by atoms with E-state index in [0.717, 1.165) is 40.5 Å². The number of nitrogens with zero attached hydrogens (tertiary/aromatic N) is 2. The summed E-state index contributed by atoms with van der Waals surface area (Å²) >= 11 is 5.32. The van der Waals surface area contributed by atoms with Crippen LogP contribution in [0.1, 0.15) is 13.3 Å². The van der Waals surface area contributed by atoms with E-state index in [-0.39, 0.29) is 0 Å². The maximum atomic E-state index is 5.32. The predicted molar refractivity (Wildman–Crippen MR) is 91.6 cm³/mol. The summed E-state index contributed by atoms with van der Waals surface area (Å²) in [5, 5.41) is 9.12. The topological polar surface area (TPSA) is 49.8 Å². The SMILES string of the molecule is CCCNC(=S)Nc1cc2cccnc2c2cccnc12. The quantitative estimate of drug-likeness (QED) is 0.572. The highest BCUT2D eigenvalue weighted by Crippen LogP contribution is 2.28. The van der Waals surface area contributed by atoms with Gasteiger partial charge in [0.1, 0.15) is 0 Å². The standard InChI is InChI=1S/C16H16N4S/c1-2-7-19-16(21)20-13-10-11-5-3-8-17-14(11)12-6-4-9-18-15(12)13/h3-6,8-10H,2,7H2,1H3,(H2,19,20,21). The molecule has 0 aliphatic carbocycles. The second-order valence-corrected chi connectivity index (χ2v) is 5.19. The van der Waals surface area contributed by atoms with Gasteiger partial charge >= 0.3 is 0 Å². The van der Waals surface area contributed by atoms with E-state index < -0.39 is 0 Å². The summed E-state index contributed by atoms with van der Waals surface area (Å²) in [5.41, 5.74) is 2.74. The molecule has 0 atom stereocenters. The minimum atomic E-state index is 0.618. The fourth-order valence-corrected chi connectivity index (χ4v) is 2.51. The molecular formula is C16H16N4S. The Morgan fingerprint density at radius 3 is 2.71 bits per heavy atom. The lowest BCUT2D eigenvalue weighted by Gasteiger charge is -2.13. The molecular weight excluding hydrogens is 280 g/mol. The van der Waals surface area contributed by atoms with E-state index in [1.54, 1.807) is 12.4 Å². The van der Waals surface area contributed by atoms with Crippen LogP contribution in [-0.4, -0.2) is 21.6 Å². The van der Waals surface area contributed by atoms with E-state index in [1.165, 1.54) is 0 Å². The molecule has 0 spiro atoms. The van der Waals surface area contributed by atoms with Crippen molar-refractivity contribution >= 4 is 44.8 Å². The van der Waals surface area contributed by atoms with Gasteiger partial charge in [-0.25, -0.2) is 0 Å². The van der Waals surface area contributed by atoms with E-state index >= 15 is 0 Å². The average Bonchev–Trinajstić information content (AvgIpc) is 2.53. The fourth-order valence-electron chi connectivity index (χ4n) is 2.29. The van der Waals surface area contributed by atoms with Crippen LogP contribution in [0.5, 0.6) is 0 Å². The molecule has 2 aromatic heterocycles. The number of benzene rings is 1. The molecule has 0 aliphatic heterocycles. The molecule has 3 rings (SSSR count). The zero-order valence-electron chi connectivity index (χ0n) is 11.8. The second kappa shape index (κ2) is 6.01. The predicted octanol–water partition coefficient (Wildman–Crippen LogP) is 3.48. The molecule has 3 aromatic rings. The molecule has 2 N–H and O–H groups in total. The molecule has 4 nitrogen and oxygen atoms in total. The number of fused-ring (bicyclic) bond motifs is 3. The molecule has 1 aromatic carbocycles. The Kier molecular flexibility index (Phi) is 3.92. The number of rotatable bonds is 3. The Bertz CT molecular complexity index is 800. The number of nitrogens with one attached hydrogen (secondary N) is 2. The maximum absolute atomic E-state index is 5.32. The van der Waals surface area contributed by atoms with Crippen molar-refractivity contribution in [3.63, 3.8) is 0 Å². The zero-order valence-corrected chi connectivity index (χ0v) is 12.6. The second-order valence-electron chi connectivity index (χ2n) is 4.78. The normalized spacial score (nSPS) is 10.7. The van der Waals surface area contributed by atoms with Crippen molar-refractivity contribution in [1.29, 1.82) is 0 Å². The van der Waals surface area contributed by atoms with Crippen LogP contribution < -0.4 is 10.6 Å². The third-order valence-electron chi connectivity index (χ3n) is 3.24.